The summed E-state index contributed by atoms with van der Waals surface area (Å²) >= 11 is 0. The van der Waals surface area contributed by atoms with Crippen LogP contribution in [0.25, 0.3) is 0 Å². The first-order valence-electron chi connectivity index (χ1n) is 7.04. The molecule has 0 aliphatic rings. The lowest BCUT2D eigenvalue weighted by molar-refractivity contribution is -0.137. The number of primary amides is 1. The number of carbonyl (C=O) groups excluding carboxylic acids is 1. The van der Waals surface area contributed by atoms with Crippen molar-refractivity contribution in [3.63, 3.8) is 0 Å². The number of halogens is 3. The van der Waals surface area contributed by atoms with Gasteiger partial charge in [-0.15, -0.1) is 0 Å². The SMILES string of the molecule is NCCNc1nc(Nc2cccc(C(F)(F)F)c2)c(C(N)=O)c(=O)[nH]1. The molecule has 7 N–H and O–H groups in total. The van der Waals surface area contributed by atoms with Crippen LogP contribution in [0.3, 0.4) is 0 Å². The van der Waals surface area contributed by atoms with E-state index in [0.717, 1.165) is 12.1 Å². The molecule has 0 fully saturated rings. The van der Waals surface area contributed by atoms with Gasteiger partial charge in [-0.2, -0.15) is 18.2 Å². The Morgan fingerprint density at radius 1 is 1.32 bits per heavy atom. The molecular formula is C14H15F3N6O2. The normalized spacial score (nSPS) is 11.2. The highest BCUT2D eigenvalue weighted by Gasteiger charge is 2.30. The molecule has 0 spiro atoms. The number of H-pyrrole nitrogens is 1. The topological polar surface area (TPSA) is 139 Å². The second kappa shape index (κ2) is 7.21. The molecule has 1 aromatic heterocycles. The lowest BCUT2D eigenvalue weighted by Gasteiger charge is -2.13. The average molecular weight is 356 g/mol. The van der Waals surface area contributed by atoms with Crippen molar-refractivity contribution in [2.45, 2.75) is 6.18 Å². The minimum Gasteiger partial charge on any atom is -0.365 e. The Balaban J connectivity index is 2.45. The molecule has 25 heavy (non-hydrogen) atoms. The fourth-order valence-electron chi connectivity index (χ4n) is 1.98. The van der Waals surface area contributed by atoms with Crippen molar-refractivity contribution in [3.8, 4) is 0 Å². The number of hydrogen-bond donors (Lipinski definition) is 5. The van der Waals surface area contributed by atoms with Crippen molar-refractivity contribution in [1.82, 2.24) is 9.97 Å². The van der Waals surface area contributed by atoms with Crippen LogP contribution in [0.15, 0.2) is 29.1 Å². The number of rotatable bonds is 6. The monoisotopic (exact) mass is 356 g/mol. The van der Waals surface area contributed by atoms with Crippen molar-refractivity contribution < 1.29 is 18.0 Å². The van der Waals surface area contributed by atoms with Gasteiger partial charge in [-0.1, -0.05) is 6.07 Å². The number of hydrogen-bond acceptors (Lipinski definition) is 6. The van der Waals surface area contributed by atoms with Gasteiger partial charge < -0.3 is 22.1 Å². The number of carbonyl (C=O) groups is 1. The second-order valence-electron chi connectivity index (χ2n) is 4.92. The predicted octanol–water partition coefficient (Wildman–Crippen LogP) is 1.00. The highest BCUT2D eigenvalue weighted by atomic mass is 19.4. The molecule has 2 aromatic rings. The van der Waals surface area contributed by atoms with Crippen molar-refractivity contribution in [3.05, 3.63) is 45.7 Å². The maximum atomic E-state index is 12.8. The number of anilines is 3. The van der Waals surface area contributed by atoms with E-state index < -0.39 is 28.8 Å². The molecule has 0 atom stereocenters. The first kappa shape index (κ1) is 18.3. The largest absolute Gasteiger partial charge is 0.416 e. The summed E-state index contributed by atoms with van der Waals surface area (Å²) in [7, 11) is 0. The Bertz CT molecular complexity index is 834. The molecule has 1 aromatic carbocycles. The van der Waals surface area contributed by atoms with Crippen LogP contribution in [0, 0.1) is 0 Å². The Morgan fingerprint density at radius 2 is 2.04 bits per heavy atom. The number of nitrogens with one attached hydrogen (secondary N) is 3. The maximum Gasteiger partial charge on any atom is 0.416 e. The number of amides is 1. The van der Waals surface area contributed by atoms with Gasteiger partial charge in [-0.25, -0.2) is 0 Å². The van der Waals surface area contributed by atoms with E-state index in [1.165, 1.54) is 12.1 Å². The molecule has 0 aliphatic carbocycles. The summed E-state index contributed by atoms with van der Waals surface area (Å²) in [6.45, 7) is 0.527. The lowest BCUT2D eigenvalue weighted by Crippen LogP contribution is -2.28. The summed E-state index contributed by atoms with van der Waals surface area (Å²) in [4.78, 5) is 29.7. The summed E-state index contributed by atoms with van der Waals surface area (Å²) in [6, 6.07) is 4.21. The molecule has 8 nitrogen and oxygen atoms in total. The molecule has 134 valence electrons. The predicted molar refractivity (Wildman–Crippen MR) is 85.6 cm³/mol. The zero-order valence-electron chi connectivity index (χ0n) is 12.8. The van der Waals surface area contributed by atoms with E-state index in [1.807, 2.05) is 0 Å². The second-order valence-corrected chi connectivity index (χ2v) is 4.92. The van der Waals surface area contributed by atoms with Gasteiger partial charge in [0.15, 0.2) is 5.82 Å². The minimum atomic E-state index is -4.54. The van der Waals surface area contributed by atoms with E-state index in [0.29, 0.717) is 0 Å². The van der Waals surface area contributed by atoms with Gasteiger partial charge in [0.05, 0.1) is 5.56 Å². The molecule has 0 radical (unpaired) electrons. The Morgan fingerprint density at radius 3 is 2.64 bits per heavy atom. The molecule has 2 rings (SSSR count). The highest BCUT2D eigenvalue weighted by Crippen LogP contribution is 2.31. The van der Waals surface area contributed by atoms with Crippen LogP contribution in [0.2, 0.25) is 0 Å². The summed E-state index contributed by atoms with van der Waals surface area (Å²) in [5, 5.41) is 5.22. The van der Waals surface area contributed by atoms with Crippen molar-refractivity contribution in [2.24, 2.45) is 11.5 Å². The van der Waals surface area contributed by atoms with Gasteiger partial charge in [0.2, 0.25) is 5.95 Å². The van der Waals surface area contributed by atoms with E-state index in [-0.39, 0.29) is 30.5 Å². The first-order chi connectivity index (χ1) is 11.7. The van der Waals surface area contributed by atoms with E-state index in [2.05, 4.69) is 20.6 Å². The quantitative estimate of drug-likeness (QED) is 0.523. The number of nitrogens with two attached hydrogens (primary N) is 2. The van der Waals surface area contributed by atoms with Crippen LogP contribution in [0.1, 0.15) is 15.9 Å². The number of aromatic amines is 1. The summed E-state index contributed by atoms with van der Waals surface area (Å²) < 4.78 is 38.4. The lowest BCUT2D eigenvalue weighted by atomic mass is 10.2. The molecule has 0 saturated heterocycles. The molecule has 11 heteroatoms. The van der Waals surface area contributed by atoms with Crippen LogP contribution >= 0.6 is 0 Å². The van der Waals surface area contributed by atoms with Gasteiger partial charge in [0.1, 0.15) is 5.56 Å². The van der Waals surface area contributed by atoms with Crippen molar-refractivity contribution >= 4 is 23.4 Å². The van der Waals surface area contributed by atoms with E-state index >= 15 is 0 Å². The zero-order valence-corrected chi connectivity index (χ0v) is 12.8. The Labute approximate surface area is 139 Å². The fraction of sp³-hybridized carbons (Fsp3) is 0.214. The maximum absolute atomic E-state index is 12.8. The van der Waals surface area contributed by atoms with Crippen molar-refractivity contribution in [1.29, 1.82) is 0 Å². The fourth-order valence-corrected chi connectivity index (χ4v) is 1.98. The van der Waals surface area contributed by atoms with Crippen LogP contribution in [0.4, 0.5) is 30.6 Å². The third-order valence-electron chi connectivity index (χ3n) is 3.06. The summed E-state index contributed by atoms with van der Waals surface area (Å²) in [5.74, 6) is -1.35. The standard InChI is InChI=1S/C14H15F3N6O2/c15-14(16,17)7-2-1-3-8(6-7)21-11-9(10(19)24)12(25)23-13(22-11)20-5-4-18/h1-3,6H,4-5,18H2,(H2,19,24)(H3,20,21,22,23,25). The van der Waals surface area contributed by atoms with Gasteiger partial charge in [-0.05, 0) is 18.2 Å². The van der Waals surface area contributed by atoms with E-state index in [9.17, 15) is 22.8 Å². The average Bonchev–Trinajstić information content (AvgIpc) is 2.51. The Kier molecular flexibility index (Phi) is 5.27. The molecule has 1 amide bonds. The van der Waals surface area contributed by atoms with Gasteiger partial charge in [0, 0.05) is 18.8 Å². The van der Waals surface area contributed by atoms with Crippen LogP contribution < -0.4 is 27.7 Å². The molecule has 0 aliphatic heterocycles. The van der Waals surface area contributed by atoms with Crippen LogP contribution in [-0.2, 0) is 6.18 Å². The number of alkyl halides is 3. The highest BCUT2D eigenvalue weighted by molar-refractivity contribution is 5.98. The van der Waals surface area contributed by atoms with Gasteiger partial charge >= 0.3 is 6.18 Å². The van der Waals surface area contributed by atoms with E-state index in [4.69, 9.17) is 11.5 Å². The molecule has 1 heterocycles. The third kappa shape index (κ3) is 4.47. The Hall–Kier alpha value is -3.08. The zero-order chi connectivity index (χ0) is 18.6. The molecule has 0 bridgehead atoms. The summed E-state index contributed by atoms with van der Waals surface area (Å²) in [6.07, 6.45) is -4.54. The smallest absolute Gasteiger partial charge is 0.365 e. The van der Waals surface area contributed by atoms with Crippen molar-refractivity contribution in [2.75, 3.05) is 23.7 Å². The number of benzene rings is 1. The summed E-state index contributed by atoms with van der Waals surface area (Å²) in [5.41, 5.74) is 8.24. The molecular weight excluding hydrogens is 341 g/mol. The van der Waals surface area contributed by atoms with Crippen LogP contribution in [0.5, 0.6) is 0 Å². The van der Waals surface area contributed by atoms with Gasteiger partial charge in [0.25, 0.3) is 11.5 Å². The molecule has 0 saturated carbocycles. The number of aromatic nitrogens is 2. The van der Waals surface area contributed by atoms with Gasteiger partial charge in [-0.3, -0.25) is 14.6 Å². The number of nitrogens with zero attached hydrogens (tertiary/aromatic N) is 1. The molecule has 0 unspecified atom stereocenters. The van der Waals surface area contributed by atoms with E-state index in [1.54, 1.807) is 0 Å². The minimum absolute atomic E-state index is 0.00470. The third-order valence-corrected chi connectivity index (χ3v) is 3.06. The first-order valence-corrected chi connectivity index (χ1v) is 7.04. The van der Waals surface area contributed by atoms with Crippen LogP contribution in [-0.4, -0.2) is 29.0 Å².